The Balaban J connectivity index is 1.89. The Morgan fingerprint density at radius 1 is 1.12 bits per heavy atom. The summed E-state index contributed by atoms with van der Waals surface area (Å²) < 4.78 is 36.5. The second-order valence-corrected chi connectivity index (χ2v) is 9.21. The van der Waals surface area contributed by atoms with Gasteiger partial charge in [0, 0.05) is 37.2 Å². The van der Waals surface area contributed by atoms with Crippen LogP contribution in [0.15, 0.2) is 59.6 Å². The highest BCUT2D eigenvalue weighted by Gasteiger charge is 2.15. The number of aryl methyl sites for hydroxylation is 1. The normalized spacial score (nSPS) is 12.2. The van der Waals surface area contributed by atoms with Crippen molar-refractivity contribution in [2.24, 2.45) is 7.05 Å². The predicted octanol–water partition coefficient (Wildman–Crippen LogP) is 3.02. The van der Waals surface area contributed by atoms with Crippen molar-refractivity contribution in [3.63, 3.8) is 0 Å². The highest BCUT2D eigenvalue weighted by atomic mass is 32.2. The minimum atomic E-state index is -3.32. The molecule has 0 radical (unpaired) electrons. The number of benzene rings is 2. The fourth-order valence-electron chi connectivity index (χ4n) is 2.83. The average molecular weight is 460 g/mol. The summed E-state index contributed by atoms with van der Waals surface area (Å²) in [6.45, 7) is 1.70. The van der Waals surface area contributed by atoms with Gasteiger partial charge in [-0.2, -0.15) is 5.10 Å². The van der Waals surface area contributed by atoms with E-state index in [-0.39, 0.29) is 17.1 Å². The topological polar surface area (TPSA) is 120 Å². The lowest BCUT2D eigenvalue weighted by Gasteiger charge is -2.17. The second kappa shape index (κ2) is 9.84. The number of carbonyl (C=O) groups excluding carboxylic acids is 1. The number of sulfone groups is 1. The largest absolute Gasteiger partial charge is 0.488 e. The van der Waals surface area contributed by atoms with Crippen LogP contribution < -0.4 is 14.8 Å². The molecule has 0 fully saturated rings. The van der Waals surface area contributed by atoms with E-state index < -0.39 is 21.8 Å². The number of aromatic nitrogens is 2. The van der Waals surface area contributed by atoms with Crippen molar-refractivity contribution in [1.82, 2.24) is 9.78 Å². The zero-order chi connectivity index (χ0) is 23.3. The van der Waals surface area contributed by atoms with E-state index in [2.05, 4.69) is 10.4 Å². The molecule has 0 saturated heterocycles. The number of ether oxygens (including phenoxy) is 2. The van der Waals surface area contributed by atoms with Gasteiger partial charge in [-0.1, -0.05) is 6.92 Å². The minimum absolute atomic E-state index is 0.172. The first-order valence-corrected chi connectivity index (χ1v) is 11.8. The van der Waals surface area contributed by atoms with Gasteiger partial charge in [-0.3, -0.25) is 9.48 Å². The van der Waals surface area contributed by atoms with Crippen LogP contribution >= 0.6 is 0 Å². The molecule has 2 N–H and O–H groups in total. The SMILES string of the molecule is CC[C@@H](CO)Oc1cc(Oc2ccc(S(C)(=O)=O)cc2)cc(C(=O)Nc2ccn(C)n2)c1. The van der Waals surface area contributed by atoms with Crippen molar-refractivity contribution in [3.05, 3.63) is 60.3 Å². The molecular formula is C22H25N3O6S. The summed E-state index contributed by atoms with van der Waals surface area (Å²) in [6.07, 6.45) is 2.97. The molecule has 170 valence electrons. The van der Waals surface area contributed by atoms with Crippen molar-refractivity contribution in [2.45, 2.75) is 24.3 Å². The van der Waals surface area contributed by atoms with Crippen LogP contribution in [0.1, 0.15) is 23.7 Å². The number of carbonyl (C=O) groups is 1. The molecule has 0 unspecified atom stereocenters. The van der Waals surface area contributed by atoms with Crippen molar-refractivity contribution >= 4 is 21.6 Å². The van der Waals surface area contributed by atoms with Crippen molar-refractivity contribution in [2.75, 3.05) is 18.2 Å². The van der Waals surface area contributed by atoms with Crippen molar-refractivity contribution in [3.8, 4) is 17.2 Å². The Kier molecular flexibility index (Phi) is 7.16. The van der Waals surface area contributed by atoms with Crippen LogP contribution in [0.5, 0.6) is 17.2 Å². The highest BCUT2D eigenvalue weighted by molar-refractivity contribution is 7.90. The van der Waals surface area contributed by atoms with E-state index in [1.54, 1.807) is 36.1 Å². The molecular weight excluding hydrogens is 434 g/mol. The molecule has 9 nitrogen and oxygen atoms in total. The molecule has 0 aliphatic heterocycles. The van der Waals surface area contributed by atoms with Gasteiger partial charge in [0.1, 0.15) is 23.4 Å². The van der Waals surface area contributed by atoms with E-state index in [0.29, 0.717) is 29.5 Å². The molecule has 1 aromatic heterocycles. The zero-order valence-electron chi connectivity index (χ0n) is 18.0. The monoisotopic (exact) mass is 459 g/mol. The predicted molar refractivity (Wildman–Crippen MR) is 119 cm³/mol. The van der Waals surface area contributed by atoms with Crippen LogP contribution in [0.3, 0.4) is 0 Å². The molecule has 32 heavy (non-hydrogen) atoms. The number of nitrogens with zero attached hydrogens (tertiary/aromatic N) is 2. The molecule has 1 heterocycles. The third-order valence-electron chi connectivity index (χ3n) is 4.55. The maximum atomic E-state index is 12.8. The van der Waals surface area contributed by atoms with E-state index >= 15 is 0 Å². The van der Waals surface area contributed by atoms with Gasteiger partial charge in [0.05, 0.1) is 11.5 Å². The number of aliphatic hydroxyl groups excluding tert-OH is 1. The van der Waals surface area contributed by atoms with Crippen LogP contribution in [-0.4, -0.2) is 48.2 Å². The Labute approximate surface area is 186 Å². The Bertz CT molecular complexity index is 1180. The summed E-state index contributed by atoms with van der Waals surface area (Å²) in [4.78, 5) is 12.9. The van der Waals surface area contributed by atoms with Crippen LogP contribution in [0, 0.1) is 0 Å². The first-order chi connectivity index (χ1) is 15.2. The molecule has 10 heteroatoms. The van der Waals surface area contributed by atoms with E-state index in [9.17, 15) is 18.3 Å². The molecule has 1 amide bonds. The number of hydrogen-bond acceptors (Lipinski definition) is 7. The van der Waals surface area contributed by atoms with Gasteiger partial charge in [0.2, 0.25) is 0 Å². The van der Waals surface area contributed by atoms with Gasteiger partial charge in [0.15, 0.2) is 15.7 Å². The maximum absolute atomic E-state index is 12.8. The Morgan fingerprint density at radius 2 is 1.81 bits per heavy atom. The second-order valence-electron chi connectivity index (χ2n) is 7.20. The Hall–Kier alpha value is -3.37. The third kappa shape index (κ3) is 6.08. The standard InChI is InChI=1S/C22H25N3O6S/c1-4-16(14-26)30-18-11-15(22(27)23-21-9-10-25(2)24-21)12-19(13-18)31-17-5-7-20(8-6-17)32(3,28)29/h5-13,16,26H,4,14H2,1-3H3,(H,23,24,27)/t16-/m0/s1. The van der Waals surface area contributed by atoms with Gasteiger partial charge in [-0.25, -0.2) is 8.42 Å². The summed E-state index contributed by atoms with van der Waals surface area (Å²) in [5.74, 6) is 1.03. The zero-order valence-corrected chi connectivity index (χ0v) is 18.8. The number of rotatable bonds is 9. The van der Waals surface area contributed by atoms with Crippen LogP contribution in [0.4, 0.5) is 5.82 Å². The lowest BCUT2D eigenvalue weighted by atomic mass is 10.1. The quantitative estimate of drug-likeness (QED) is 0.505. The number of anilines is 1. The summed E-state index contributed by atoms with van der Waals surface area (Å²) >= 11 is 0. The van der Waals surface area contributed by atoms with Gasteiger partial charge in [-0.15, -0.1) is 0 Å². The number of aliphatic hydroxyl groups is 1. The fraction of sp³-hybridized carbons (Fsp3) is 0.273. The molecule has 2 aromatic carbocycles. The van der Waals surface area contributed by atoms with E-state index in [4.69, 9.17) is 9.47 Å². The van der Waals surface area contributed by atoms with E-state index in [1.165, 1.54) is 30.3 Å². The number of hydrogen-bond donors (Lipinski definition) is 2. The maximum Gasteiger partial charge on any atom is 0.257 e. The highest BCUT2D eigenvalue weighted by Crippen LogP contribution is 2.29. The molecule has 0 aliphatic rings. The van der Waals surface area contributed by atoms with Gasteiger partial charge >= 0.3 is 0 Å². The van der Waals surface area contributed by atoms with E-state index in [0.717, 1.165) is 6.26 Å². The summed E-state index contributed by atoms with van der Waals surface area (Å²) in [7, 11) is -1.58. The van der Waals surface area contributed by atoms with Crippen molar-refractivity contribution < 1.29 is 27.8 Å². The van der Waals surface area contributed by atoms with Crippen LogP contribution in [0.2, 0.25) is 0 Å². The smallest absolute Gasteiger partial charge is 0.257 e. The van der Waals surface area contributed by atoms with Crippen LogP contribution in [-0.2, 0) is 16.9 Å². The van der Waals surface area contributed by atoms with E-state index in [1.807, 2.05) is 6.92 Å². The molecule has 3 aromatic rings. The average Bonchev–Trinajstić information content (AvgIpc) is 3.16. The van der Waals surface area contributed by atoms with Gasteiger partial charge in [-0.05, 0) is 42.8 Å². The Morgan fingerprint density at radius 3 is 2.38 bits per heavy atom. The first kappa shape index (κ1) is 23.3. The fourth-order valence-corrected chi connectivity index (χ4v) is 3.46. The summed E-state index contributed by atoms with van der Waals surface area (Å²) in [5, 5.41) is 16.3. The van der Waals surface area contributed by atoms with Gasteiger partial charge < -0.3 is 19.9 Å². The molecule has 0 saturated carbocycles. The third-order valence-corrected chi connectivity index (χ3v) is 5.68. The van der Waals surface area contributed by atoms with Gasteiger partial charge in [0.25, 0.3) is 5.91 Å². The summed E-state index contributed by atoms with van der Waals surface area (Å²) in [5.41, 5.74) is 0.267. The molecule has 0 aliphatic carbocycles. The summed E-state index contributed by atoms with van der Waals surface area (Å²) in [6, 6.07) is 12.3. The van der Waals surface area contributed by atoms with Crippen molar-refractivity contribution in [1.29, 1.82) is 0 Å². The number of nitrogens with one attached hydrogen (secondary N) is 1. The first-order valence-electron chi connectivity index (χ1n) is 9.89. The lowest BCUT2D eigenvalue weighted by Crippen LogP contribution is -2.20. The lowest BCUT2D eigenvalue weighted by molar-refractivity contribution is 0.102. The molecule has 0 spiro atoms. The minimum Gasteiger partial charge on any atom is -0.488 e. The van der Waals surface area contributed by atoms with Crippen LogP contribution in [0.25, 0.3) is 0 Å². The molecule has 1 atom stereocenters. The number of amides is 1. The molecule has 0 bridgehead atoms. The molecule has 3 rings (SSSR count).